The monoisotopic (exact) mass is 387 g/mol. The van der Waals surface area contributed by atoms with Crippen LogP contribution >= 0.6 is 11.3 Å². The lowest BCUT2D eigenvalue weighted by atomic mass is 10.2. The molecular weight excluding hydrogens is 366 g/mol. The van der Waals surface area contributed by atoms with Crippen LogP contribution in [0, 0.1) is 13.8 Å². The maximum atomic E-state index is 11.9. The molecule has 0 aliphatic carbocycles. The Morgan fingerprint density at radius 2 is 1.79 bits per heavy atom. The number of aryl methyl sites for hydroxylation is 1. The zero-order valence-corrected chi connectivity index (χ0v) is 16.7. The van der Waals surface area contributed by atoms with Crippen LogP contribution in [-0.4, -0.2) is 15.5 Å². The Morgan fingerprint density at radius 1 is 1.07 bits per heavy atom. The van der Waals surface area contributed by atoms with Gasteiger partial charge < -0.3 is 10.3 Å². The van der Waals surface area contributed by atoms with Gasteiger partial charge in [-0.2, -0.15) is 0 Å². The highest BCUT2D eigenvalue weighted by atomic mass is 32.1. The summed E-state index contributed by atoms with van der Waals surface area (Å²) >= 11 is 1.60. The highest BCUT2D eigenvalue weighted by Gasteiger charge is 2.19. The molecule has 2 heterocycles. The average Bonchev–Trinajstić information content (AvgIpc) is 3.29. The van der Waals surface area contributed by atoms with Crippen LogP contribution in [0.1, 0.15) is 27.2 Å². The molecule has 0 saturated carbocycles. The van der Waals surface area contributed by atoms with Crippen molar-refractivity contribution in [1.82, 2.24) is 9.55 Å². The number of benzene rings is 2. The summed E-state index contributed by atoms with van der Waals surface area (Å²) in [6.45, 7) is 4.66. The fourth-order valence-electron chi connectivity index (χ4n) is 3.30. The molecule has 140 valence electrons. The molecule has 2 aromatic carbocycles. The van der Waals surface area contributed by atoms with Crippen LogP contribution < -0.4 is 5.73 Å². The van der Waals surface area contributed by atoms with Gasteiger partial charge in [-0.25, -0.2) is 4.98 Å². The van der Waals surface area contributed by atoms with Crippen LogP contribution in [0.25, 0.3) is 22.0 Å². The smallest absolute Gasteiger partial charge is 0.250 e. The van der Waals surface area contributed by atoms with Gasteiger partial charge in [-0.15, -0.1) is 11.3 Å². The van der Waals surface area contributed by atoms with Crippen molar-refractivity contribution in [2.24, 2.45) is 5.73 Å². The van der Waals surface area contributed by atoms with Crippen LogP contribution in [0.15, 0.2) is 66.0 Å². The standard InChI is InChI=1S/C23H21N3OS/c1-15-8-10-18(11-9-15)23-25-20(14-28-23)21-12-19(22(24)27)16(2)26(21)13-17-6-4-3-5-7-17/h3-12,14H,13H2,1-2H3,(H2,24,27). The first-order chi connectivity index (χ1) is 13.5. The Balaban J connectivity index is 1.77. The maximum absolute atomic E-state index is 11.9. The first kappa shape index (κ1) is 18.2. The van der Waals surface area contributed by atoms with E-state index in [0.29, 0.717) is 12.1 Å². The van der Waals surface area contributed by atoms with E-state index in [4.69, 9.17) is 10.7 Å². The number of thiazole rings is 1. The molecule has 4 rings (SSSR count). The molecule has 1 amide bonds. The van der Waals surface area contributed by atoms with Crippen molar-refractivity contribution in [2.45, 2.75) is 20.4 Å². The number of rotatable bonds is 5. The van der Waals surface area contributed by atoms with Crippen LogP contribution in [0.4, 0.5) is 0 Å². The van der Waals surface area contributed by atoms with Crippen molar-refractivity contribution < 1.29 is 4.79 Å². The number of nitrogens with zero attached hydrogens (tertiary/aromatic N) is 2. The normalized spacial score (nSPS) is 10.9. The Kier molecular flexibility index (Phi) is 4.84. The highest BCUT2D eigenvalue weighted by Crippen LogP contribution is 2.32. The van der Waals surface area contributed by atoms with Gasteiger partial charge in [-0.3, -0.25) is 4.79 Å². The Morgan fingerprint density at radius 3 is 2.46 bits per heavy atom. The van der Waals surface area contributed by atoms with Crippen molar-refractivity contribution >= 4 is 17.2 Å². The maximum Gasteiger partial charge on any atom is 0.250 e. The number of amides is 1. The van der Waals surface area contributed by atoms with Crippen molar-refractivity contribution in [3.63, 3.8) is 0 Å². The van der Waals surface area contributed by atoms with Crippen LogP contribution in [0.5, 0.6) is 0 Å². The Hall–Kier alpha value is -3.18. The minimum Gasteiger partial charge on any atom is -0.366 e. The predicted octanol–water partition coefficient (Wildman–Crippen LogP) is 5.04. The van der Waals surface area contributed by atoms with E-state index in [1.165, 1.54) is 5.56 Å². The summed E-state index contributed by atoms with van der Waals surface area (Å²) in [6, 6.07) is 20.4. The van der Waals surface area contributed by atoms with Gasteiger partial charge in [0, 0.05) is 23.2 Å². The summed E-state index contributed by atoms with van der Waals surface area (Å²) in [4.78, 5) is 16.8. The van der Waals surface area contributed by atoms with Crippen LogP contribution in [0.3, 0.4) is 0 Å². The summed E-state index contributed by atoms with van der Waals surface area (Å²) in [6.07, 6.45) is 0. The van der Waals surface area contributed by atoms with Gasteiger partial charge >= 0.3 is 0 Å². The third kappa shape index (κ3) is 3.49. The van der Waals surface area contributed by atoms with E-state index in [1.54, 1.807) is 11.3 Å². The van der Waals surface area contributed by atoms with Gasteiger partial charge in [0.1, 0.15) is 5.01 Å². The summed E-state index contributed by atoms with van der Waals surface area (Å²) in [5, 5.41) is 3.00. The molecule has 0 aliphatic heterocycles. The Labute approximate surface area is 168 Å². The lowest BCUT2D eigenvalue weighted by molar-refractivity contribution is 0.0999. The number of carbonyl (C=O) groups is 1. The van der Waals surface area contributed by atoms with E-state index in [1.807, 2.05) is 36.6 Å². The number of hydrogen-bond acceptors (Lipinski definition) is 3. The molecule has 4 aromatic rings. The fraction of sp³-hybridized carbons (Fsp3) is 0.130. The minimum absolute atomic E-state index is 0.417. The van der Waals surface area contributed by atoms with E-state index in [9.17, 15) is 4.79 Å². The molecule has 4 nitrogen and oxygen atoms in total. The molecule has 2 aromatic heterocycles. The zero-order valence-electron chi connectivity index (χ0n) is 15.8. The second-order valence-electron chi connectivity index (χ2n) is 6.87. The molecule has 0 bridgehead atoms. The lowest BCUT2D eigenvalue weighted by Gasteiger charge is -2.11. The van der Waals surface area contributed by atoms with E-state index >= 15 is 0 Å². The topological polar surface area (TPSA) is 60.9 Å². The van der Waals surface area contributed by atoms with Crippen molar-refractivity contribution in [3.8, 4) is 22.0 Å². The number of nitrogens with two attached hydrogens (primary N) is 1. The fourth-order valence-corrected chi connectivity index (χ4v) is 4.12. The molecule has 0 unspecified atom stereocenters. The SMILES string of the molecule is Cc1ccc(-c2nc(-c3cc(C(N)=O)c(C)n3Cc3ccccc3)cs2)cc1. The van der Waals surface area contributed by atoms with E-state index < -0.39 is 5.91 Å². The molecule has 0 spiro atoms. The number of aromatic nitrogens is 2. The average molecular weight is 388 g/mol. The summed E-state index contributed by atoms with van der Waals surface area (Å²) < 4.78 is 2.11. The first-order valence-electron chi connectivity index (χ1n) is 9.09. The van der Waals surface area contributed by atoms with Gasteiger partial charge in [0.15, 0.2) is 0 Å². The number of carbonyl (C=O) groups excluding carboxylic acids is 1. The highest BCUT2D eigenvalue weighted by molar-refractivity contribution is 7.13. The molecule has 0 aliphatic rings. The van der Waals surface area contributed by atoms with Gasteiger partial charge in [-0.05, 0) is 25.5 Å². The molecule has 0 radical (unpaired) electrons. The van der Waals surface area contributed by atoms with Gasteiger partial charge in [0.2, 0.25) is 0 Å². The third-order valence-electron chi connectivity index (χ3n) is 4.88. The summed E-state index contributed by atoms with van der Waals surface area (Å²) in [7, 11) is 0. The summed E-state index contributed by atoms with van der Waals surface area (Å²) in [5.41, 5.74) is 12.2. The van der Waals surface area contributed by atoms with Crippen LogP contribution in [-0.2, 0) is 6.54 Å². The van der Waals surface area contributed by atoms with Gasteiger partial charge in [-0.1, -0.05) is 60.2 Å². The summed E-state index contributed by atoms with van der Waals surface area (Å²) in [5.74, 6) is -0.417. The number of primary amides is 1. The second-order valence-corrected chi connectivity index (χ2v) is 7.73. The molecule has 28 heavy (non-hydrogen) atoms. The lowest BCUT2D eigenvalue weighted by Crippen LogP contribution is -2.12. The van der Waals surface area contributed by atoms with E-state index in [0.717, 1.165) is 33.2 Å². The molecule has 0 saturated heterocycles. The van der Waals surface area contributed by atoms with Crippen molar-refractivity contribution in [3.05, 3.63) is 88.4 Å². The van der Waals surface area contributed by atoms with E-state index in [2.05, 4.69) is 47.9 Å². The van der Waals surface area contributed by atoms with Crippen molar-refractivity contribution in [2.75, 3.05) is 0 Å². The van der Waals surface area contributed by atoms with Crippen molar-refractivity contribution in [1.29, 1.82) is 0 Å². The largest absolute Gasteiger partial charge is 0.366 e. The molecular formula is C23H21N3OS. The van der Waals surface area contributed by atoms with Gasteiger partial charge in [0.05, 0.1) is 17.0 Å². The third-order valence-corrected chi connectivity index (χ3v) is 5.77. The number of hydrogen-bond donors (Lipinski definition) is 1. The second kappa shape index (κ2) is 7.44. The zero-order chi connectivity index (χ0) is 19.7. The Bertz CT molecular complexity index is 1120. The van der Waals surface area contributed by atoms with Crippen LogP contribution in [0.2, 0.25) is 0 Å². The minimum atomic E-state index is -0.417. The molecule has 5 heteroatoms. The predicted molar refractivity (Wildman–Crippen MR) is 115 cm³/mol. The molecule has 0 atom stereocenters. The first-order valence-corrected chi connectivity index (χ1v) is 9.97. The van der Waals surface area contributed by atoms with Gasteiger partial charge in [0.25, 0.3) is 5.91 Å². The molecule has 0 fully saturated rings. The molecule has 2 N–H and O–H groups in total. The van der Waals surface area contributed by atoms with E-state index in [-0.39, 0.29) is 0 Å². The quantitative estimate of drug-likeness (QED) is 0.521.